The summed E-state index contributed by atoms with van der Waals surface area (Å²) < 4.78 is 4.87. The summed E-state index contributed by atoms with van der Waals surface area (Å²) in [6, 6.07) is 0. The van der Waals surface area contributed by atoms with Crippen molar-refractivity contribution in [1.82, 2.24) is 0 Å². The zero-order valence-electron chi connectivity index (χ0n) is 7.45. The van der Waals surface area contributed by atoms with E-state index >= 15 is 0 Å². The molecule has 4 unspecified atom stereocenters. The lowest BCUT2D eigenvalue weighted by molar-refractivity contribution is -0.281. The third kappa shape index (κ3) is 2.61. The molecule has 14 heavy (non-hydrogen) atoms. The molecule has 0 aliphatic carbocycles. The van der Waals surface area contributed by atoms with Gasteiger partial charge in [-0.25, -0.2) is 0 Å². The molecule has 0 aromatic rings. The van der Waals surface area contributed by atoms with Crippen molar-refractivity contribution in [3.05, 3.63) is 0 Å². The molecule has 1 rings (SSSR count). The average Bonchev–Trinajstić information content (AvgIpc) is 2.18. The Bertz CT molecular complexity index is 180. The van der Waals surface area contributed by atoms with Crippen LogP contribution in [-0.4, -0.2) is 62.2 Å². The number of aliphatic hydroxyl groups excluding tert-OH is 4. The van der Waals surface area contributed by atoms with E-state index in [1.807, 2.05) is 0 Å². The minimum Gasteiger partial charge on any atom is -0.388 e. The lowest BCUT2D eigenvalue weighted by atomic mass is 9.97. The topological polar surface area (TPSA) is 110 Å². The molecule has 0 aromatic carbocycles. The predicted octanol–water partition coefficient (Wildman–Crippen LogP) is -2.24. The molecule has 0 amide bonds. The summed E-state index contributed by atoms with van der Waals surface area (Å²) in [4.78, 5) is 8.58. The maximum Gasteiger partial charge on any atom is 0.183 e. The zero-order chi connectivity index (χ0) is 10.7. The molecule has 0 bridgehead atoms. The Morgan fingerprint density at radius 2 is 1.64 bits per heavy atom. The van der Waals surface area contributed by atoms with Gasteiger partial charge in [-0.05, 0) is 12.6 Å². The quantitative estimate of drug-likeness (QED) is 0.348. The summed E-state index contributed by atoms with van der Waals surface area (Å²) in [5.74, 6) is 0. The smallest absolute Gasteiger partial charge is 0.183 e. The van der Waals surface area contributed by atoms with Crippen molar-refractivity contribution < 1.29 is 30.1 Å². The summed E-state index contributed by atoms with van der Waals surface area (Å²) in [6.07, 6.45) is -5.61. The van der Waals surface area contributed by atoms with E-state index in [1.54, 1.807) is 0 Å². The summed E-state index contributed by atoms with van der Waals surface area (Å²) in [5.41, 5.74) is 0. The van der Waals surface area contributed by atoms with Crippen molar-refractivity contribution in [1.29, 1.82) is 0 Å². The van der Waals surface area contributed by atoms with E-state index in [0.717, 1.165) is 0 Å². The molecule has 1 aliphatic rings. The van der Waals surface area contributed by atoms with E-state index in [-0.39, 0.29) is 8.81 Å². The SMILES string of the molecule is OPCCC1O[C@H](O)C(O)C(O)[C@@H]1O. The van der Waals surface area contributed by atoms with Crippen LogP contribution in [0, 0.1) is 0 Å². The average molecular weight is 226 g/mol. The van der Waals surface area contributed by atoms with Crippen LogP contribution in [-0.2, 0) is 4.74 Å². The second-order valence-corrected chi connectivity index (χ2v) is 4.05. The van der Waals surface area contributed by atoms with Crippen molar-refractivity contribution in [3.8, 4) is 0 Å². The van der Waals surface area contributed by atoms with Crippen LogP contribution in [0.2, 0.25) is 0 Å². The van der Waals surface area contributed by atoms with Gasteiger partial charge in [-0.2, -0.15) is 0 Å². The zero-order valence-corrected chi connectivity index (χ0v) is 8.45. The highest BCUT2D eigenvalue weighted by molar-refractivity contribution is 7.31. The highest BCUT2D eigenvalue weighted by Gasteiger charge is 2.42. The molecule has 0 spiro atoms. The minimum atomic E-state index is -1.49. The number of hydrogen-bond acceptors (Lipinski definition) is 6. The molecule has 1 heterocycles. The first-order valence-corrected chi connectivity index (χ1v) is 5.48. The number of ether oxygens (including phenoxy) is 1. The Labute approximate surface area is 83.0 Å². The third-order valence-corrected chi connectivity index (χ3v) is 2.74. The summed E-state index contributed by atoms with van der Waals surface area (Å²) in [6.45, 7) is 0. The number of aliphatic hydroxyl groups is 4. The molecule has 6 nitrogen and oxygen atoms in total. The molecule has 7 heteroatoms. The van der Waals surface area contributed by atoms with Gasteiger partial charge < -0.3 is 30.1 Å². The van der Waals surface area contributed by atoms with Crippen LogP contribution >= 0.6 is 8.81 Å². The highest BCUT2D eigenvalue weighted by atomic mass is 31.1. The second kappa shape index (κ2) is 5.32. The fraction of sp³-hybridized carbons (Fsp3) is 1.00. The maximum absolute atomic E-state index is 9.43. The predicted molar refractivity (Wildman–Crippen MR) is 48.9 cm³/mol. The van der Waals surface area contributed by atoms with Crippen LogP contribution in [0.1, 0.15) is 6.42 Å². The van der Waals surface area contributed by atoms with Gasteiger partial charge in [-0.3, -0.25) is 0 Å². The van der Waals surface area contributed by atoms with E-state index in [1.165, 1.54) is 0 Å². The van der Waals surface area contributed by atoms with Crippen molar-refractivity contribution in [2.75, 3.05) is 6.16 Å². The molecule has 5 N–H and O–H groups in total. The van der Waals surface area contributed by atoms with Crippen molar-refractivity contribution in [2.24, 2.45) is 0 Å². The Morgan fingerprint density at radius 3 is 2.21 bits per heavy atom. The van der Waals surface area contributed by atoms with E-state index < -0.39 is 30.7 Å². The van der Waals surface area contributed by atoms with Crippen LogP contribution in [0.15, 0.2) is 0 Å². The van der Waals surface area contributed by atoms with E-state index in [4.69, 9.17) is 19.8 Å². The molecule has 1 saturated heterocycles. The van der Waals surface area contributed by atoms with Crippen molar-refractivity contribution >= 4 is 8.81 Å². The molecule has 0 radical (unpaired) electrons. The monoisotopic (exact) mass is 226 g/mol. The molecule has 6 atom stereocenters. The lowest BCUT2D eigenvalue weighted by Crippen LogP contribution is -2.57. The molecule has 1 fully saturated rings. The number of rotatable bonds is 3. The van der Waals surface area contributed by atoms with Crippen molar-refractivity contribution in [3.63, 3.8) is 0 Å². The molecule has 84 valence electrons. The van der Waals surface area contributed by atoms with Gasteiger partial charge in [0.25, 0.3) is 0 Å². The third-order valence-electron chi connectivity index (χ3n) is 2.23. The fourth-order valence-corrected chi connectivity index (χ4v) is 1.79. The number of hydrogen-bond donors (Lipinski definition) is 5. The van der Waals surface area contributed by atoms with Crippen LogP contribution in [0.3, 0.4) is 0 Å². The van der Waals surface area contributed by atoms with Gasteiger partial charge in [0.15, 0.2) is 6.29 Å². The summed E-state index contributed by atoms with van der Waals surface area (Å²) >= 11 is 0. The summed E-state index contributed by atoms with van der Waals surface area (Å²) in [5, 5.41) is 37.0. The molecule has 0 aromatic heterocycles. The largest absolute Gasteiger partial charge is 0.388 e. The minimum absolute atomic E-state index is 0.267. The maximum atomic E-state index is 9.43. The van der Waals surface area contributed by atoms with Gasteiger partial charge in [0.2, 0.25) is 0 Å². The molecule has 0 saturated carbocycles. The first-order valence-electron chi connectivity index (χ1n) is 4.32. The van der Waals surface area contributed by atoms with Gasteiger partial charge in [-0.1, -0.05) is 0 Å². The van der Waals surface area contributed by atoms with Crippen LogP contribution in [0.4, 0.5) is 0 Å². The second-order valence-electron chi connectivity index (χ2n) is 3.23. The Balaban J connectivity index is 2.52. The van der Waals surface area contributed by atoms with E-state index in [2.05, 4.69) is 0 Å². The van der Waals surface area contributed by atoms with Gasteiger partial charge in [0.05, 0.1) is 6.10 Å². The lowest BCUT2D eigenvalue weighted by Gasteiger charge is -2.38. The van der Waals surface area contributed by atoms with E-state index in [0.29, 0.717) is 12.6 Å². The van der Waals surface area contributed by atoms with Gasteiger partial charge >= 0.3 is 0 Å². The first-order chi connectivity index (χ1) is 6.57. The Morgan fingerprint density at radius 1 is 1.00 bits per heavy atom. The standard InChI is InChI=1S/C7H15O6P/c8-4-3(1-2-14-12)13-7(11)6(10)5(4)9/h3-12,14H,1-2H2/t3?,4-,5?,6?,7+/m1/s1. The van der Waals surface area contributed by atoms with Crippen LogP contribution in [0.5, 0.6) is 0 Å². The molecular weight excluding hydrogens is 211 g/mol. The Hall–Kier alpha value is 0.190. The fourth-order valence-electron chi connectivity index (χ4n) is 1.38. The highest BCUT2D eigenvalue weighted by Crippen LogP contribution is 2.23. The van der Waals surface area contributed by atoms with Crippen molar-refractivity contribution in [2.45, 2.75) is 37.1 Å². The first kappa shape index (κ1) is 12.3. The molecular formula is C7H15O6P. The van der Waals surface area contributed by atoms with Gasteiger partial charge in [0, 0.05) is 8.81 Å². The normalized spacial score (nSPS) is 44.8. The van der Waals surface area contributed by atoms with Crippen LogP contribution < -0.4 is 0 Å². The summed E-state index contributed by atoms with van der Waals surface area (Å²) in [7, 11) is -0.267. The van der Waals surface area contributed by atoms with E-state index in [9.17, 15) is 10.2 Å². The molecule has 1 aliphatic heterocycles. The Kier molecular flexibility index (Phi) is 4.66. The van der Waals surface area contributed by atoms with Crippen LogP contribution in [0.25, 0.3) is 0 Å². The van der Waals surface area contributed by atoms with Gasteiger partial charge in [-0.15, -0.1) is 0 Å². The van der Waals surface area contributed by atoms with Gasteiger partial charge in [0.1, 0.15) is 18.3 Å².